The lowest BCUT2D eigenvalue weighted by Crippen LogP contribution is -2.42. The molecule has 1 aliphatic rings. The number of rotatable bonds is 0. The summed E-state index contributed by atoms with van der Waals surface area (Å²) in [5.41, 5.74) is 8.02. The van der Waals surface area contributed by atoms with Crippen LogP contribution in [0.3, 0.4) is 0 Å². The first kappa shape index (κ1) is 19.9. The summed E-state index contributed by atoms with van der Waals surface area (Å²) < 4.78 is 0.368. The van der Waals surface area contributed by atoms with Crippen LogP contribution >= 0.6 is 11.8 Å². The second kappa shape index (κ2) is 5.53. The summed E-state index contributed by atoms with van der Waals surface area (Å²) >= 11 is 2.19. The molecule has 1 heteroatoms. The van der Waals surface area contributed by atoms with Crippen LogP contribution in [0.1, 0.15) is 96.0 Å². The number of benzene rings is 1. The van der Waals surface area contributed by atoms with E-state index >= 15 is 0 Å². The molecular weight excluding hydrogens is 308 g/mol. The third-order valence-electron chi connectivity index (χ3n) is 6.59. The molecule has 0 aromatic heterocycles. The summed E-state index contributed by atoms with van der Waals surface area (Å²) in [6.45, 7) is 29.0. The predicted molar refractivity (Wildman–Crippen MR) is 112 cm³/mol. The first-order valence-corrected chi connectivity index (χ1v) is 10.2. The Morgan fingerprint density at radius 1 is 0.875 bits per heavy atom. The Morgan fingerprint density at radius 2 is 1.38 bits per heavy atom. The summed E-state index contributed by atoms with van der Waals surface area (Å²) in [5, 5.41) is 0. The molecule has 1 heterocycles. The normalized spacial score (nSPS) is 25.1. The second-order valence-corrected chi connectivity index (χ2v) is 12.8. The molecule has 0 bridgehead atoms. The molecule has 0 fully saturated rings. The van der Waals surface area contributed by atoms with Gasteiger partial charge >= 0.3 is 0 Å². The summed E-state index contributed by atoms with van der Waals surface area (Å²) in [6, 6.07) is 2.42. The van der Waals surface area contributed by atoms with Crippen LogP contribution in [-0.4, -0.2) is 9.49 Å². The largest absolute Gasteiger partial charge is 0.148 e. The Kier molecular flexibility index (Phi) is 4.58. The van der Waals surface area contributed by atoms with Gasteiger partial charge < -0.3 is 0 Å². The van der Waals surface area contributed by atoms with E-state index in [-0.39, 0.29) is 20.3 Å². The smallest absolute Gasteiger partial charge is 0.0200 e. The molecule has 0 nitrogen and oxygen atoms in total. The van der Waals surface area contributed by atoms with Crippen molar-refractivity contribution >= 4 is 11.8 Å². The monoisotopic (exact) mass is 346 g/mol. The second-order valence-electron chi connectivity index (χ2n) is 10.6. The number of hydrogen-bond acceptors (Lipinski definition) is 1. The molecule has 1 aliphatic heterocycles. The zero-order valence-electron chi connectivity index (χ0n) is 18.1. The molecule has 136 valence electrons. The molecule has 0 saturated carbocycles. The summed E-state index contributed by atoms with van der Waals surface area (Å²) in [4.78, 5) is 0. The van der Waals surface area contributed by atoms with E-state index in [4.69, 9.17) is 0 Å². The van der Waals surface area contributed by atoms with E-state index in [9.17, 15) is 0 Å². The van der Waals surface area contributed by atoms with Crippen LogP contribution in [0.4, 0.5) is 0 Å². The minimum absolute atomic E-state index is 0.130. The lowest BCUT2D eigenvalue weighted by atomic mass is 9.62. The first-order chi connectivity index (χ1) is 10.5. The van der Waals surface area contributed by atoms with Gasteiger partial charge in [0.2, 0.25) is 0 Å². The van der Waals surface area contributed by atoms with Gasteiger partial charge in [-0.3, -0.25) is 0 Å². The van der Waals surface area contributed by atoms with Crippen molar-refractivity contribution in [3.63, 3.8) is 0 Å². The van der Waals surface area contributed by atoms with Crippen LogP contribution in [0.2, 0.25) is 0 Å². The predicted octanol–water partition coefficient (Wildman–Crippen LogP) is 7.32. The molecule has 0 radical (unpaired) electrons. The summed E-state index contributed by atoms with van der Waals surface area (Å²) in [5.74, 6) is 0.533. The zero-order valence-corrected chi connectivity index (χ0v) is 18.9. The van der Waals surface area contributed by atoms with Gasteiger partial charge in [0.25, 0.3) is 0 Å². The third kappa shape index (κ3) is 2.85. The Labute approximate surface area is 155 Å². The molecule has 0 aliphatic carbocycles. The van der Waals surface area contributed by atoms with Crippen LogP contribution in [0.25, 0.3) is 0 Å². The molecule has 1 unspecified atom stereocenters. The SMILES string of the molecule is Cc1cc(C)c2c(c1C)C(C)(C)C(C)(C)SC(C)(C)C2C(C)(C)C. The number of fused-ring (bicyclic) bond motifs is 1. The fourth-order valence-corrected chi connectivity index (χ4v) is 7.51. The molecule has 0 saturated heterocycles. The number of aryl methyl sites for hydroxylation is 2. The van der Waals surface area contributed by atoms with Gasteiger partial charge in [0.1, 0.15) is 0 Å². The van der Waals surface area contributed by atoms with E-state index in [1.807, 2.05) is 0 Å². The highest BCUT2D eigenvalue weighted by atomic mass is 32.2. The van der Waals surface area contributed by atoms with Crippen molar-refractivity contribution in [3.8, 4) is 0 Å². The molecular formula is C23H38S. The van der Waals surface area contributed by atoms with E-state index in [1.165, 1.54) is 16.7 Å². The fraction of sp³-hybridized carbons (Fsp3) is 0.739. The van der Waals surface area contributed by atoms with Crippen molar-refractivity contribution in [1.82, 2.24) is 0 Å². The summed E-state index contributed by atoms with van der Waals surface area (Å²) in [7, 11) is 0. The lowest BCUT2D eigenvalue weighted by molar-refractivity contribution is 0.276. The average molecular weight is 347 g/mol. The van der Waals surface area contributed by atoms with Crippen molar-refractivity contribution in [2.45, 2.75) is 104 Å². The van der Waals surface area contributed by atoms with Gasteiger partial charge in [-0.25, -0.2) is 0 Å². The van der Waals surface area contributed by atoms with Gasteiger partial charge in [0.15, 0.2) is 0 Å². The Bertz CT molecular complexity index is 654. The molecule has 0 N–H and O–H groups in total. The Hall–Kier alpha value is -0.430. The maximum atomic E-state index is 2.47. The van der Waals surface area contributed by atoms with Crippen LogP contribution in [0, 0.1) is 26.2 Å². The molecule has 2 rings (SSSR count). The van der Waals surface area contributed by atoms with Crippen molar-refractivity contribution in [1.29, 1.82) is 0 Å². The van der Waals surface area contributed by atoms with Gasteiger partial charge in [-0.1, -0.05) is 54.5 Å². The Balaban J connectivity index is 3.04. The van der Waals surface area contributed by atoms with Gasteiger partial charge in [-0.05, 0) is 67.9 Å². The fourth-order valence-electron chi connectivity index (χ4n) is 5.25. The highest BCUT2D eigenvalue weighted by Crippen LogP contribution is 2.62. The maximum absolute atomic E-state index is 2.47. The topological polar surface area (TPSA) is 0 Å². The highest BCUT2D eigenvalue weighted by molar-refractivity contribution is 8.02. The van der Waals surface area contributed by atoms with Crippen LogP contribution in [-0.2, 0) is 5.41 Å². The van der Waals surface area contributed by atoms with Crippen molar-refractivity contribution in [3.05, 3.63) is 33.9 Å². The van der Waals surface area contributed by atoms with Gasteiger partial charge in [-0.15, -0.1) is 11.8 Å². The van der Waals surface area contributed by atoms with Crippen LogP contribution in [0.5, 0.6) is 0 Å². The first-order valence-electron chi connectivity index (χ1n) is 9.35. The lowest BCUT2D eigenvalue weighted by Gasteiger charge is -2.46. The van der Waals surface area contributed by atoms with Crippen molar-refractivity contribution < 1.29 is 0 Å². The molecule has 1 aromatic carbocycles. The van der Waals surface area contributed by atoms with Gasteiger partial charge in [0, 0.05) is 20.8 Å². The van der Waals surface area contributed by atoms with E-state index in [2.05, 4.69) is 101 Å². The molecule has 1 atom stereocenters. The van der Waals surface area contributed by atoms with E-state index in [0.717, 1.165) is 0 Å². The minimum atomic E-state index is 0.130. The molecule has 0 spiro atoms. The number of hydrogen-bond donors (Lipinski definition) is 0. The average Bonchev–Trinajstić information content (AvgIpc) is 2.36. The van der Waals surface area contributed by atoms with Crippen molar-refractivity contribution in [2.24, 2.45) is 5.41 Å². The van der Waals surface area contributed by atoms with Crippen LogP contribution < -0.4 is 0 Å². The van der Waals surface area contributed by atoms with E-state index in [0.29, 0.717) is 5.92 Å². The van der Waals surface area contributed by atoms with Gasteiger partial charge in [-0.2, -0.15) is 0 Å². The number of thioether (sulfide) groups is 1. The highest BCUT2D eigenvalue weighted by Gasteiger charge is 2.53. The molecule has 1 aromatic rings. The third-order valence-corrected chi connectivity index (χ3v) is 8.37. The molecule has 0 amide bonds. The van der Waals surface area contributed by atoms with Gasteiger partial charge in [0.05, 0.1) is 0 Å². The zero-order chi connectivity index (χ0) is 18.9. The Morgan fingerprint density at radius 3 is 1.83 bits per heavy atom. The van der Waals surface area contributed by atoms with E-state index in [1.54, 1.807) is 11.1 Å². The maximum Gasteiger partial charge on any atom is 0.0200 e. The van der Waals surface area contributed by atoms with Crippen molar-refractivity contribution in [2.75, 3.05) is 0 Å². The van der Waals surface area contributed by atoms with Crippen LogP contribution in [0.15, 0.2) is 6.07 Å². The molecule has 24 heavy (non-hydrogen) atoms. The minimum Gasteiger partial charge on any atom is -0.148 e. The standard InChI is InChI=1S/C23H38S/c1-14-13-15(2)17-18(16(14)3)21(7,8)23(11,12)24-22(9,10)19(17)20(4,5)6/h13,19H,1-12H3. The quantitative estimate of drug-likeness (QED) is 0.474. The summed E-state index contributed by atoms with van der Waals surface area (Å²) in [6.07, 6.45) is 0. The van der Waals surface area contributed by atoms with E-state index < -0.39 is 0 Å².